The number of H-pyrrole nitrogens is 1. The summed E-state index contributed by atoms with van der Waals surface area (Å²) >= 11 is 0. The smallest absolute Gasteiger partial charge is 0.348 e. The number of halogens is 3. The highest BCUT2D eigenvalue weighted by molar-refractivity contribution is 6.07. The molecule has 0 spiro atoms. The van der Waals surface area contributed by atoms with E-state index >= 15 is 8.78 Å². The summed E-state index contributed by atoms with van der Waals surface area (Å²) in [6.45, 7) is 1.77. The van der Waals surface area contributed by atoms with Crippen LogP contribution in [0.5, 0.6) is 0 Å². The summed E-state index contributed by atoms with van der Waals surface area (Å²) in [6.07, 6.45) is 0.671. The summed E-state index contributed by atoms with van der Waals surface area (Å²) in [7, 11) is 0. The van der Waals surface area contributed by atoms with Gasteiger partial charge in [0.1, 0.15) is 17.3 Å². The van der Waals surface area contributed by atoms with Crippen LogP contribution in [0.1, 0.15) is 27.6 Å². The molecule has 0 aliphatic carbocycles. The molecular formula is C19H14F3N7O. The molecule has 3 aromatic heterocycles. The number of carbonyl (C=O) groups is 1. The number of anilines is 2. The Morgan fingerprint density at radius 3 is 2.63 bits per heavy atom. The second kappa shape index (κ2) is 7.10. The average molecular weight is 413 g/mol. The van der Waals surface area contributed by atoms with Crippen molar-refractivity contribution in [2.45, 2.75) is 12.8 Å². The van der Waals surface area contributed by atoms with Gasteiger partial charge < -0.3 is 11.1 Å². The molecule has 1 amide bonds. The molecule has 4 aromatic rings. The third-order valence-corrected chi connectivity index (χ3v) is 4.27. The number of nitrogens with one attached hydrogen (secondary N) is 2. The number of nitrogens with two attached hydrogens (primary N) is 1. The Labute approximate surface area is 167 Å². The lowest BCUT2D eigenvalue weighted by atomic mass is 10.1. The van der Waals surface area contributed by atoms with Crippen LogP contribution in [-0.4, -0.2) is 31.1 Å². The van der Waals surface area contributed by atoms with Crippen molar-refractivity contribution in [3.05, 3.63) is 71.2 Å². The molecule has 152 valence electrons. The topological polar surface area (TPSA) is 122 Å². The molecule has 0 fully saturated rings. The molecule has 30 heavy (non-hydrogen) atoms. The predicted octanol–water partition coefficient (Wildman–Crippen LogP) is 3.18. The van der Waals surface area contributed by atoms with E-state index in [1.54, 1.807) is 19.1 Å². The molecule has 0 aliphatic rings. The molecule has 0 saturated carbocycles. The molecule has 8 nitrogen and oxygen atoms in total. The van der Waals surface area contributed by atoms with Crippen LogP contribution >= 0.6 is 0 Å². The number of primary amides is 1. The zero-order valence-electron chi connectivity index (χ0n) is 15.4. The van der Waals surface area contributed by atoms with Gasteiger partial charge in [-0.25, -0.2) is 14.4 Å². The number of benzene rings is 1. The number of aromatic amines is 1. The summed E-state index contributed by atoms with van der Waals surface area (Å²) in [6, 6.07) is 7.81. The van der Waals surface area contributed by atoms with Crippen LogP contribution in [0.2, 0.25) is 0 Å². The van der Waals surface area contributed by atoms with E-state index < -0.39 is 29.2 Å². The summed E-state index contributed by atoms with van der Waals surface area (Å²) in [5, 5.41) is 9.86. The van der Waals surface area contributed by atoms with Crippen LogP contribution in [0, 0.1) is 12.7 Å². The normalized spacial score (nSPS) is 11.6. The van der Waals surface area contributed by atoms with Crippen LogP contribution in [0.15, 0.2) is 42.6 Å². The number of rotatable bonds is 5. The molecular weight excluding hydrogens is 399 g/mol. The first kappa shape index (κ1) is 19.3. The number of para-hydroxylation sites is 1. The summed E-state index contributed by atoms with van der Waals surface area (Å²) < 4.78 is 43.4. The first-order chi connectivity index (χ1) is 14.3. The molecule has 0 radical (unpaired) electrons. The fourth-order valence-electron chi connectivity index (χ4n) is 2.87. The van der Waals surface area contributed by atoms with Crippen LogP contribution in [0.3, 0.4) is 0 Å². The Bertz CT molecular complexity index is 1250. The minimum Gasteiger partial charge on any atom is -0.366 e. The zero-order chi connectivity index (χ0) is 21.5. The Balaban J connectivity index is 1.94. The number of pyridine rings is 1. The molecule has 0 aliphatic heterocycles. The predicted molar refractivity (Wildman–Crippen MR) is 102 cm³/mol. The lowest BCUT2D eigenvalue weighted by Gasteiger charge is -2.17. The number of nitrogens with zero attached hydrogens (tertiary/aromatic N) is 4. The summed E-state index contributed by atoms with van der Waals surface area (Å²) in [5.74, 6) is -5.99. The van der Waals surface area contributed by atoms with E-state index in [4.69, 9.17) is 5.73 Å². The number of fused-ring (bicyclic) bond motifs is 1. The van der Waals surface area contributed by atoms with Gasteiger partial charge in [0.2, 0.25) is 5.82 Å². The maximum absolute atomic E-state index is 15.1. The van der Waals surface area contributed by atoms with Crippen LogP contribution in [0.4, 0.5) is 24.8 Å². The van der Waals surface area contributed by atoms with E-state index in [2.05, 4.69) is 30.5 Å². The number of hydrogen-bond acceptors (Lipinski definition) is 6. The number of hydrogen-bond donors (Lipinski definition) is 3. The summed E-state index contributed by atoms with van der Waals surface area (Å²) in [4.78, 5) is 23.2. The second-order valence-electron chi connectivity index (χ2n) is 6.46. The first-order valence-corrected chi connectivity index (χ1v) is 8.65. The Hall–Kier alpha value is -4.02. The van der Waals surface area contributed by atoms with E-state index in [1.807, 2.05) is 0 Å². The molecule has 0 atom stereocenters. The maximum Gasteiger partial charge on any atom is 0.348 e. The van der Waals surface area contributed by atoms with E-state index in [0.29, 0.717) is 17.4 Å². The SMILES string of the molecule is Cc1cc(Nc2nc(C(F)(F)c3ccc(F)cn3)nc3c(C(N)=O)cccc23)n[nH]1. The standard InChI is InChI=1S/C19H14F3N7O/c1-9-7-14(29-28-9)25-17-12-4-2-3-11(16(23)30)15(12)26-18(27-17)19(21,22)13-6-5-10(20)8-24-13/h2-8H,1H3,(H2,23,30)(H2,25,26,27,28,29). The monoisotopic (exact) mass is 413 g/mol. The van der Waals surface area contributed by atoms with Crippen molar-refractivity contribution < 1.29 is 18.0 Å². The zero-order valence-corrected chi connectivity index (χ0v) is 15.4. The third kappa shape index (κ3) is 3.41. The van der Waals surface area contributed by atoms with Gasteiger partial charge in [-0.2, -0.15) is 13.9 Å². The van der Waals surface area contributed by atoms with Crippen molar-refractivity contribution in [1.29, 1.82) is 0 Å². The van der Waals surface area contributed by atoms with Gasteiger partial charge in [-0.3, -0.25) is 14.9 Å². The highest BCUT2D eigenvalue weighted by atomic mass is 19.3. The molecule has 0 bridgehead atoms. The van der Waals surface area contributed by atoms with Crippen molar-refractivity contribution in [2.75, 3.05) is 5.32 Å². The van der Waals surface area contributed by atoms with Gasteiger partial charge in [-0.1, -0.05) is 6.07 Å². The highest BCUT2D eigenvalue weighted by Crippen LogP contribution is 2.35. The van der Waals surface area contributed by atoms with Gasteiger partial charge in [0.15, 0.2) is 5.82 Å². The van der Waals surface area contributed by atoms with Crippen LogP contribution in [0.25, 0.3) is 10.9 Å². The average Bonchev–Trinajstić information content (AvgIpc) is 3.12. The number of aromatic nitrogens is 5. The minimum absolute atomic E-state index is 0.00798. The van der Waals surface area contributed by atoms with E-state index in [9.17, 15) is 9.18 Å². The first-order valence-electron chi connectivity index (χ1n) is 8.65. The quantitative estimate of drug-likeness (QED) is 0.462. The Morgan fingerprint density at radius 1 is 1.20 bits per heavy atom. The van der Waals surface area contributed by atoms with Gasteiger partial charge in [0, 0.05) is 17.1 Å². The van der Waals surface area contributed by atoms with E-state index in [0.717, 1.165) is 17.8 Å². The Morgan fingerprint density at radius 2 is 2.00 bits per heavy atom. The van der Waals surface area contributed by atoms with Crippen molar-refractivity contribution >= 4 is 28.4 Å². The van der Waals surface area contributed by atoms with Crippen molar-refractivity contribution in [1.82, 2.24) is 25.1 Å². The number of aryl methyl sites for hydroxylation is 1. The molecule has 0 saturated heterocycles. The fraction of sp³-hybridized carbons (Fsp3) is 0.105. The lowest BCUT2D eigenvalue weighted by Crippen LogP contribution is -2.22. The largest absolute Gasteiger partial charge is 0.366 e. The molecule has 4 N–H and O–H groups in total. The van der Waals surface area contributed by atoms with Gasteiger partial charge in [-0.05, 0) is 31.2 Å². The van der Waals surface area contributed by atoms with Gasteiger partial charge in [0.05, 0.1) is 17.3 Å². The maximum atomic E-state index is 15.1. The van der Waals surface area contributed by atoms with Gasteiger partial charge in [-0.15, -0.1) is 0 Å². The number of alkyl halides is 2. The summed E-state index contributed by atoms with van der Waals surface area (Å²) in [5.41, 5.74) is 5.26. The van der Waals surface area contributed by atoms with E-state index in [-0.39, 0.29) is 16.9 Å². The second-order valence-corrected chi connectivity index (χ2v) is 6.46. The molecule has 11 heteroatoms. The fourth-order valence-corrected chi connectivity index (χ4v) is 2.87. The number of carbonyl (C=O) groups excluding carboxylic acids is 1. The van der Waals surface area contributed by atoms with Crippen LogP contribution in [-0.2, 0) is 5.92 Å². The van der Waals surface area contributed by atoms with Gasteiger partial charge >= 0.3 is 5.92 Å². The van der Waals surface area contributed by atoms with Crippen LogP contribution < -0.4 is 11.1 Å². The lowest BCUT2D eigenvalue weighted by molar-refractivity contribution is 0.0285. The van der Waals surface area contributed by atoms with Gasteiger partial charge in [0.25, 0.3) is 5.91 Å². The molecule has 1 aromatic carbocycles. The minimum atomic E-state index is -3.77. The van der Waals surface area contributed by atoms with Crippen molar-refractivity contribution in [3.63, 3.8) is 0 Å². The van der Waals surface area contributed by atoms with E-state index in [1.165, 1.54) is 12.1 Å². The molecule has 0 unspecified atom stereocenters. The van der Waals surface area contributed by atoms with Crippen molar-refractivity contribution in [2.24, 2.45) is 5.73 Å². The van der Waals surface area contributed by atoms with Crippen molar-refractivity contribution in [3.8, 4) is 0 Å². The molecule has 3 heterocycles. The number of amides is 1. The third-order valence-electron chi connectivity index (χ3n) is 4.27. The Kier molecular flexibility index (Phi) is 4.57. The highest BCUT2D eigenvalue weighted by Gasteiger charge is 2.40. The molecule has 4 rings (SSSR count).